The molecule has 0 nitrogen and oxygen atoms in total. The van der Waals surface area contributed by atoms with Crippen molar-refractivity contribution < 1.29 is 0 Å². The van der Waals surface area contributed by atoms with Gasteiger partial charge in [0, 0.05) is 0 Å². The molecule has 0 rings (SSSR count). The molecule has 2 atom stereocenters. The fraction of sp³-hybridized carbons (Fsp3) is 0.900. The lowest BCUT2D eigenvalue weighted by molar-refractivity contribution is 0.438. The van der Waals surface area contributed by atoms with Crippen molar-refractivity contribution in [2.75, 3.05) is 0 Å². The van der Waals surface area contributed by atoms with Crippen LogP contribution in [0.3, 0.4) is 0 Å². The largest absolute Gasteiger partial charge is 0.340 e. The van der Waals surface area contributed by atoms with E-state index in [0.29, 0.717) is 5.92 Å². The van der Waals surface area contributed by atoms with Crippen molar-refractivity contribution in [1.29, 1.82) is 0 Å². The predicted octanol–water partition coefficient (Wildman–Crippen LogP) is 3.67. The minimum atomic E-state index is 0.689. The summed E-state index contributed by atoms with van der Waals surface area (Å²) in [5, 5.41) is 0. The molecule has 0 heteroatoms. The Balaban J connectivity index is 3.17. The average Bonchev–Trinajstić information content (AvgIpc) is 1.99. The minimum Gasteiger partial charge on any atom is -0.340 e. The molecule has 0 fully saturated rings. The third-order valence-corrected chi connectivity index (χ3v) is 2.34. The summed E-state index contributed by atoms with van der Waals surface area (Å²) >= 11 is 0. The summed E-state index contributed by atoms with van der Waals surface area (Å²) in [7, 11) is 0. The molecule has 0 aliphatic rings. The van der Waals surface area contributed by atoms with Gasteiger partial charge in [0.15, 0.2) is 0 Å². The molecule has 0 saturated heterocycles. The van der Waals surface area contributed by atoms with Gasteiger partial charge in [0.2, 0.25) is 0 Å². The summed E-state index contributed by atoms with van der Waals surface area (Å²) in [6.45, 7) is 10.9. The second-order valence-corrected chi connectivity index (χ2v) is 3.37. The Kier molecular flexibility index (Phi) is 5.76. The highest BCUT2D eigenvalue weighted by molar-refractivity contribution is 4.60. The SMILES string of the molecule is [CH2-]C(CC)CCC(C)CC. The van der Waals surface area contributed by atoms with Crippen molar-refractivity contribution in [2.24, 2.45) is 11.8 Å². The van der Waals surface area contributed by atoms with Gasteiger partial charge in [0.05, 0.1) is 0 Å². The predicted molar refractivity (Wildman–Crippen MR) is 47.8 cm³/mol. The maximum atomic E-state index is 4.06. The molecule has 0 heterocycles. The van der Waals surface area contributed by atoms with E-state index in [0.717, 1.165) is 5.92 Å². The van der Waals surface area contributed by atoms with E-state index >= 15 is 0 Å². The van der Waals surface area contributed by atoms with Gasteiger partial charge in [-0.1, -0.05) is 46.5 Å². The topological polar surface area (TPSA) is 0 Å². The van der Waals surface area contributed by atoms with E-state index in [1.807, 2.05) is 0 Å². The van der Waals surface area contributed by atoms with Crippen LogP contribution in [-0.4, -0.2) is 0 Å². The second kappa shape index (κ2) is 5.76. The summed E-state index contributed by atoms with van der Waals surface area (Å²) < 4.78 is 0. The molecule has 2 unspecified atom stereocenters. The molecule has 10 heavy (non-hydrogen) atoms. The Morgan fingerprint density at radius 2 is 1.70 bits per heavy atom. The molecule has 62 valence electrons. The van der Waals surface area contributed by atoms with Crippen LogP contribution in [-0.2, 0) is 0 Å². The normalized spacial score (nSPS) is 16.8. The lowest BCUT2D eigenvalue weighted by Gasteiger charge is -2.16. The molecule has 0 spiro atoms. The van der Waals surface area contributed by atoms with Crippen molar-refractivity contribution in [1.82, 2.24) is 0 Å². The average molecular weight is 141 g/mol. The Morgan fingerprint density at radius 3 is 2.10 bits per heavy atom. The molecule has 0 aliphatic carbocycles. The van der Waals surface area contributed by atoms with Gasteiger partial charge in [-0.25, -0.2) is 0 Å². The minimum absolute atomic E-state index is 0.689. The van der Waals surface area contributed by atoms with Crippen LogP contribution >= 0.6 is 0 Å². The lowest BCUT2D eigenvalue weighted by Crippen LogP contribution is -1.98. The molecule has 0 aliphatic heterocycles. The molecule has 0 aromatic carbocycles. The fourth-order valence-electron chi connectivity index (χ4n) is 0.928. The monoisotopic (exact) mass is 141 g/mol. The lowest BCUT2D eigenvalue weighted by atomic mass is 9.95. The zero-order valence-electron chi connectivity index (χ0n) is 7.69. The van der Waals surface area contributed by atoms with Gasteiger partial charge in [-0.2, -0.15) is 5.92 Å². The van der Waals surface area contributed by atoms with Crippen molar-refractivity contribution in [3.8, 4) is 0 Å². The molecule has 0 saturated carbocycles. The van der Waals surface area contributed by atoms with Crippen molar-refractivity contribution in [3.63, 3.8) is 0 Å². The van der Waals surface area contributed by atoms with Gasteiger partial charge < -0.3 is 6.92 Å². The Labute approximate surface area is 66.0 Å². The van der Waals surface area contributed by atoms with Crippen molar-refractivity contribution in [2.45, 2.75) is 46.5 Å². The van der Waals surface area contributed by atoms with Gasteiger partial charge in [0.25, 0.3) is 0 Å². The summed E-state index contributed by atoms with van der Waals surface area (Å²) in [5.74, 6) is 1.59. The van der Waals surface area contributed by atoms with Crippen molar-refractivity contribution >= 4 is 0 Å². The van der Waals surface area contributed by atoms with Gasteiger partial charge in [-0.15, -0.1) is 0 Å². The maximum Gasteiger partial charge on any atom is -0.0446 e. The highest BCUT2D eigenvalue weighted by atomic mass is 14.1. The Hall–Kier alpha value is 0. The van der Waals surface area contributed by atoms with Gasteiger partial charge >= 0.3 is 0 Å². The molecular formula is C10H21-. The summed E-state index contributed by atoms with van der Waals surface area (Å²) in [6.07, 6.45) is 5.22. The van der Waals surface area contributed by atoms with E-state index in [2.05, 4.69) is 27.7 Å². The fourth-order valence-corrected chi connectivity index (χ4v) is 0.928. The zero-order chi connectivity index (χ0) is 7.98. The molecule has 0 aromatic heterocycles. The smallest absolute Gasteiger partial charge is 0.0446 e. The number of hydrogen-bond donors (Lipinski definition) is 0. The first-order valence-corrected chi connectivity index (χ1v) is 4.53. The van der Waals surface area contributed by atoms with Crippen LogP contribution in [0.2, 0.25) is 0 Å². The number of rotatable bonds is 5. The van der Waals surface area contributed by atoms with Gasteiger partial charge in [-0.3, -0.25) is 0 Å². The second-order valence-electron chi connectivity index (χ2n) is 3.37. The Bertz CT molecular complexity index is 56.4. The van der Waals surface area contributed by atoms with Crippen LogP contribution in [0.15, 0.2) is 0 Å². The first-order chi connectivity index (χ1) is 4.70. The molecular weight excluding hydrogens is 120 g/mol. The molecule has 0 aromatic rings. The van der Waals surface area contributed by atoms with Crippen LogP contribution in [0, 0.1) is 18.8 Å². The van der Waals surface area contributed by atoms with Crippen LogP contribution in [0.5, 0.6) is 0 Å². The highest BCUT2D eigenvalue weighted by Gasteiger charge is 1.98. The molecule has 0 N–H and O–H groups in total. The molecule has 0 radical (unpaired) electrons. The quantitative estimate of drug-likeness (QED) is 0.512. The molecule has 0 bridgehead atoms. The van der Waals surface area contributed by atoms with E-state index in [-0.39, 0.29) is 0 Å². The highest BCUT2D eigenvalue weighted by Crippen LogP contribution is 2.16. The van der Waals surface area contributed by atoms with Crippen LogP contribution < -0.4 is 0 Å². The van der Waals surface area contributed by atoms with Gasteiger partial charge in [0.1, 0.15) is 0 Å². The summed E-state index contributed by atoms with van der Waals surface area (Å²) in [6, 6.07) is 0. The zero-order valence-corrected chi connectivity index (χ0v) is 7.69. The maximum absolute atomic E-state index is 4.06. The Morgan fingerprint density at radius 1 is 1.10 bits per heavy atom. The molecule has 0 amide bonds. The summed E-state index contributed by atoms with van der Waals surface area (Å²) in [5.41, 5.74) is 0. The third kappa shape index (κ3) is 4.84. The summed E-state index contributed by atoms with van der Waals surface area (Å²) in [4.78, 5) is 0. The van der Waals surface area contributed by atoms with Crippen LogP contribution in [0.25, 0.3) is 0 Å². The van der Waals surface area contributed by atoms with E-state index in [1.54, 1.807) is 0 Å². The first kappa shape index (κ1) is 10.0. The third-order valence-electron chi connectivity index (χ3n) is 2.34. The van der Waals surface area contributed by atoms with Gasteiger partial charge in [-0.05, 0) is 5.92 Å². The van der Waals surface area contributed by atoms with Crippen molar-refractivity contribution in [3.05, 3.63) is 6.92 Å². The van der Waals surface area contributed by atoms with Crippen LogP contribution in [0.1, 0.15) is 46.5 Å². The van der Waals surface area contributed by atoms with E-state index in [1.165, 1.54) is 25.7 Å². The van der Waals surface area contributed by atoms with E-state index in [9.17, 15) is 0 Å². The van der Waals surface area contributed by atoms with Crippen LogP contribution in [0.4, 0.5) is 0 Å². The standard InChI is InChI=1S/C10H21/c1-5-9(3)7-8-10(4)6-2/h9-10H,3,5-8H2,1-2,4H3/q-1. The van der Waals surface area contributed by atoms with E-state index < -0.39 is 0 Å². The first-order valence-electron chi connectivity index (χ1n) is 4.53. The number of hydrogen-bond acceptors (Lipinski definition) is 0. The van der Waals surface area contributed by atoms with E-state index in [4.69, 9.17) is 0 Å².